The van der Waals surface area contributed by atoms with E-state index >= 15 is 0 Å². The fourth-order valence-corrected chi connectivity index (χ4v) is 2.72. The predicted molar refractivity (Wildman–Crippen MR) is 90.5 cm³/mol. The van der Waals surface area contributed by atoms with Crippen molar-refractivity contribution in [3.8, 4) is 11.5 Å². The highest BCUT2D eigenvalue weighted by molar-refractivity contribution is 6.32. The highest BCUT2D eigenvalue weighted by Gasteiger charge is 2.20. The number of amides is 1. The summed E-state index contributed by atoms with van der Waals surface area (Å²) in [6, 6.07) is 11.1. The first-order valence-electron chi connectivity index (χ1n) is 7.71. The molecule has 0 saturated carbocycles. The molecule has 0 saturated heterocycles. The standard InChI is InChI=1S/C18H18ClNO4/c1-2-22-10-13-6-4-3-5-12(13)9-20-18(21)14-7-15(19)17-16(8-14)23-11-24-17/h3-8H,2,9-11H2,1H3,(H,20,21). The van der Waals surface area contributed by atoms with Gasteiger partial charge in [0.15, 0.2) is 11.5 Å². The summed E-state index contributed by atoms with van der Waals surface area (Å²) < 4.78 is 16.0. The van der Waals surface area contributed by atoms with Crippen LogP contribution in [0, 0.1) is 0 Å². The molecule has 0 unspecified atom stereocenters. The molecule has 0 radical (unpaired) electrons. The highest BCUT2D eigenvalue weighted by atomic mass is 35.5. The molecule has 0 aliphatic carbocycles. The molecule has 3 rings (SSSR count). The van der Waals surface area contributed by atoms with Crippen molar-refractivity contribution in [1.82, 2.24) is 5.32 Å². The number of carbonyl (C=O) groups excluding carboxylic acids is 1. The topological polar surface area (TPSA) is 56.8 Å². The van der Waals surface area contributed by atoms with Gasteiger partial charge in [-0.25, -0.2) is 0 Å². The zero-order chi connectivity index (χ0) is 16.9. The molecule has 2 aromatic rings. The Morgan fingerprint density at radius 3 is 2.83 bits per heavy atom. The Morgan fingerprint density at radius 1 is 1.25 bits per heavy atom. The molecule has 5 nitrogen and oxygen atoms in total. The second-order valence-corrected chi connectivity index (χ2v) is 5.69. The summed E-state index contributed by atoms with van der Waals surface area (Å²) in [5, 5.41) is 3.27. The van der Waals surface area contributed by atoms with Crippen LogP contribution in [-0.4, -0.2) is 19.3 Å². The molecule has 0 spiro atoms. The summed E-state index contributed by atoms with van der Waals surface area (Å²) >= 11 is 6.12. The molecule has 1 N–H and O–H groups in total. The molecule has 1 aliphatic rings. The van der Waals surface area contributed by atoms with Gasteiger partial charge in [-0.15, -0.1) is 0 Å². The number of fused-ring (bicyclic) bond motifs is 1. The van der Waals surface area contributed by atoms with Gasteiger partial charge in [0.2, 0.25) is 6.79 Å². The lowest BCUT2D eigenvalue weighted by atomic mass is 10.1. The van der Waals surface area contributed by atoms with Crippen molar-refractivity contribution >= 4 is 17.5 Å². The minimum atomic E-state index is -0.221. The van der Waals surface area contributed by atoms with Crippen molar-refractivity contribution in [2.24, 2.45) is 0 Å². The fourth-order valence-electron chi connectivity index (χ4n) is 2.46. The molecule has 1 amide bonds. The van der Waals surface area contributed by atoms with Crippen molar-refractivity contribution in [2.75, 3.05) is 13.4 Å². The minimum Gasteiger partial charge on any atom is -0.454 e. The number of nitrogens with one attached hydrogen (secondary N) is 1. The van der Waals surface area contributed by atoms with E-state index < -0.39 is 0 Å². The van der Waals surface area contributed by atoms with Gasteiger partial charge in [-0.3, -0.25) is 4.79 Å². The van der Waals surface area contributed by atoms with Crippen molar-refractivity contribution in [1.29, 1.82) is 0 Å². The van der Waals surface area contributed by atoms with E-state index in [-0.39, 0.29) is 12.7 Å². The van der Waals surface area contributed by atoms with E-state index in [4.69, 9.17) is 25.8 Å². The fraction of sp³-hybridized carbons (Fsp3) is 0.278. The molecular weight excluding hydrogens is 330 g/mol. The number of rotatable bonds is 6. The van der Waals surface area contributed by atoms with Crippen LogP contribution in [0.4, 0.5) is 0 Å². The van der Waals surface area contributed by atoms with Crippen LogP contribution in [0.2, 0.25) is 5.02 Å². The maximum Gasteiger partial charge on any atom is 0.251 e. The largest absolute Gasteiger partial charge is 0.454 e. The third kappa shape index (κ3) is 3.63. The average Bonchev–Trinajstić information content (AvgIpc) is 3.07. The number of halogens is 1. The molecular formula is C18H18ClNO4. The van der Waals surface area contributed by atoms with E-state index in [1.165, 1.54) is 0 Å². The summed E-state index contributed by atoms with van der Waals surface area (Å²) in [7, 11) is 0. The van der Waals surface area contributed by atoms with Crippen LogP contribution in [0.25, 0.3) is 0 Å². The molecule has 1 heterocycles. The van der Waals surface area contributed by atoms with Crippen LogP contribution in [0.1, 0.15) is 28.4 Å². The summed E-state index contributed by atoms with van der Waals surface area (Å²) in [6.45, 7) is 3.65. The SMILES string of the molecule is CCOCc1ccccc1CNC(=O)c1cc(Cl)c2c(c1)OCO2. The van der Waals surface area contributed by atoms with Crippen LogP contribution in [-0.2, 0) is 17.9 Å². The van der Waals surface area contributed by atoms with E-state index in [1.807, 2.05) is 31.2 Å². The number of benzene rings is 2. The van der Waals surface area contributed by atoms with Crippen LogP contribution in [0.5, 0.6) is 11.5 Å². The normalized spacial score (nSPS) is 12.2. The van der Waals surface area contributed by atoms with Gasteiger partial charge in [0.1, 0.15) is 0 Å². The molecule has 2 aromatic carbocycles. The van der Waals surface area contributed by atoms with Crippen LogP contribution in [0.15, 0.2) is 36.4 Å². The first-order valence-corrected chi connectivity index (χ1v) is 8.08. The zero-order valence-corrected chi connectivity index (χ0v) is 14.1. The van der Waals surface area contributed by atoms with E-state index in [1.54, 1.807) is 12.1 Å². The van der Waals surface area contributed by atoms with Crippen molar-refractivity contribution in [2.45, 2.75) is 20.1 Å². The molecule has 0 atom stereocenters. The predicted octanol–water partition coefficient (Wildman–Crippen LogP) is 3.54. The lowest BCUT2D eigenvalue weighted by molar-refractivity contribution is 0.0949. The Balaban J connectivity index is 1.69. The Hall–Kier alpha value is -2.24. The van der Waals surface area contributed by atoms with Crippen molar-refractivity contribution < 1.29 is 19.0 Å². The molecule has 0 fully saturated rings. The Morgan fingerprint density at radius 2 is 2.04 bits per heavy atom. The van der Waals surface area contributed by atoms with Crippen LogP contribution in [0.3, 0.4) is 0 Å². The van der Waals surface area contributed by atoms with Gasteiger partial charge in [0.25, 0.3) is 5.91 Å². The minimum absolute atomic E-state index is 0.116. The number of hydrogen-bond acceptors (Lipinski definition) is 4. The highest BCUT2D eigenvalue weighted by Crippen LogP contribution is 2.39. The second-order valence-electron chi connectivity index (χ2n) is 5.28. The van der Waals surface area contributed by atoms with E-state index in [0.29, 0.717) is 41.8 Å². The molecule has 0 bridgehead atoms. The smallest absolute Gasteiger partial charge is 0.251 e. The summed E-state index contributed by atoms with van der Waals surface area (Å²) in [4.78, 5) is 12.4. The van der Waals surface area contributed by atoms with Gasteiger partial charge in [-0.1, -0.05) is 35.9 Å². The van der Waals surface area contributed by atoms with Crippen molar-refractivity contribution in [3.05, 3.63) is 58.1 Å². The van der Waals surface area contributed by atoms with Crippen LogP contribution >= 0.6 is 11.6 Å². The molecule has 0 aromatic heterocycles. The maximum absolute atomic E-state index is 12.4. The van der Waals surface area contributed by atoms with Gasteiger partial charge in [-0.2, -0.15) is 0 Å². The van der Waals surface area contributed by atoms with Crippen molar-refractivity contribution in [3.63, 3.8) is 0 Å². The lowest BCUT2D eigenvalue weighted by Crippen LogP contribution is -2.23. The third-order valence-corrected chi connectivity index (χ3v) is 3.99. The average molecular weight is 348 g/mol. The van der Waals surface area contributed by atoms with Gasteiger partial charge < -0.3 is 19.5 Å². The Labute approximate surface area is 145 Å². The summed E-state index contributed by atoms with van der Waals surface area (Å²) in [5.41, 5.74) is 2.51. The van der Waals surface area contributed by atoms with E-state index in [0.717, 1.165) is 11.1 Å². The molecule has 1 aliphatic heterocycles. The summed E-state index contributed by atoms with van der Waals surface area (Å²) in [5.74, 6) is 0.751. The third-order valence-electron chi connectivity index (χ3n) is 3.71. The van der Waals surface area contributed by atoms with Gasteiger partial charge in [0.05, 0.1) is 11.6 Å². The summed E-state index contributed by atoms with van der Waals surface area (Å²) in [6.07, 6.45) is 0. The number of ether oxygens (including phenoxy) is 3. The molecule has 126 valence electrons. The van der Waals surface area contributed by atoms with Gasteiger partial charge in [0, 0.05) is 18.7 Å². The quantitative estimate of drug-likeness (QED) is 0.868. The lowest BCUT2D eigenvalue weighted by Gasteiger charge is -2.11. The second kappa shape index (κ2) is 7.55. The number of hydrogen-bond donors (Lipinski definition) is 1. The van der Waals surface area contributed by atoms with Crippen LogP contribution < -0.4 is 14.8 Å². The Kier molecular flexibility index (Phi) is 5.23. The van der Waals surface area contributed by atoms with Gasteiger partial charge in [-0.05, 0) is 30.2 Å². The van der Waals surface area contributed by atoms with E-state index in [9.17, 15) is 4.79 Å². The Bertz CT molecular complexity index is 748. The zero-order valence-electron chi connectivity index (χ0n) is 13.3. The first-order chi connectivity index (χ1) is 11.7. The molecule has 6 heteroatoms. The maximum atomic E-state index is 12.4. The van der Waals surface area contributed by atoms with Gasteiger partial charge >= 0.3 is 0 Å². The van der Waals surface area contributed by atoms with E-state index in [2.05, 4.69) is 5.32 Å². The first kappa shape index (κ1) is 16.6. The monoisotopic (exact) mass is 347 g/mol. The molecule has 24 heavy (non-hydrogen) atoms. The number of carbonyl (C=O) groups is 1.